The molecular weight excluding hydrogens is 338 g/mol. The number of methoxy groups -OCH3 is 1. The van der Waals surface area contributed by atoms with E-state index in [9.17, 15) is 0 Å². The Morgan fingerprint density at radius 3 is 2.95 bits per heavy atom. The van der Waals surface area contributed by atoms with E-state index in [0.717, 1.165) is 44.8 Å². The minimum Gasteiger partial charge on any atom is -0.496 e. The van der Waals surface area contributed by atoms with Gasteiger partial charge in [0.15, 0.2) is 0 Å². The predicted octanol–water partition coefficient (Wildman–Crippen LogP) is 3.27. The molecule has 1 aromatic carbocycles. The maximum atomic E-state index is 5.23. The molecule has 106 valence electrons. The van der Waals surface area contributed by atoms with E-state index < -0.39 is 0 Å². The number of rotatable bonds is 6. The first-order valence-electron chi connectivity index (χ1n) is 6.66. The van der Waals surface area contributed by atoms with E-state index >= 15 is 0 Å². The Balaban J connectivity index is 1.67. The fourth-order valence-corrected chi connectivity index (χ4v) is 3.32. The van der Waals surface area contributed by atoms with Crippen LogP contribution < -0.4 is 10.1 Å². The lowest BCUT2D eigenvalue weighted by atomic mass is 10.2. The largest absolute Gasteiger partial charge is 0.496 e. The number of hydrogen-bond donors (Lipinski definition) is 1. The number of nitrogens with one attached hydrogen (secondary N) is 1. The van der Waals surface area contributed by atoms with Crippen LogP contribution in [0.4, 0.5) is 0 Å². The summed E-state index contributed by atoms with van der Waals surface area (Å²) in [6, 6.07) is 6.72. The molecule has 0 amide bonds. The van der Waals surface area contributed by atoms with Gasteiger partial charge in [0.05, 0.1) is 11.6 Å². The van der Waals surface area contributed by atoms with Gasteiger partial charge in [0, 0.05) is 24.6 Å². The summed E-state index contributed by atoms with van der Waals surface area (Å²) in [6.07, 6.45) is 3.59. The average molecular weight is 354 g/mol. The molecule has 1 fully saturated rings. The molecule has 3 rings (SSSR count). The van der Waals surface area contributed by atoms with E-state index in [1.807, 2.05) is 18.2 Å². The fraction of sp³-hybridized carbons (Fsp3) is 0.429. The molecule has 0 spiro atoms. The minimum atomic E-state index is 0.750. The summed E-state index contributed by atoms with van der Waals surface area (Å²) in [4.78, 5) is 0. The molecule has 0 saturated heterocycles. The zero-order valence-electron chi connectivity index (χ0n) is 11.2. The van der Waals surface area contributed by atoms with Gasteiger partial charge in [-0.25, -0.2) is 0 Å². The van der Waals surface area contributed by atoms with E-state index in [0.29, 0.717) is 0 Å². The Kier molecular flexibility index (Phi) is 4.33. The summed E-state index contributed by atoms with van der Waals surface area (Å²) in [6.45, 7) is 0.992. The van der Waals surface area contributed by atoms with Gasteiger partial charge in [-0.2, -0.15) is 0 Å². The molecule has 1 aliphatic rings. The van der Waals surface area contributed by atoms with Crippen molar-refractivity contribution in [3.05, 3.63) is 27.7 Å². The van der Waals surface area contributed by atoms with Crippen molar-refractivity contribution in [3.63, 3.8) is 0 Å². The first-order valence-corrected chi connectivity index (χ1v) is 8.27. The lowest BCUT2D eigenvalue weighted by Crippen LogP contribution is -2.19. The number of ether oxygens (including phenoxy) is 1. The summed E-state index contributed by atoms with van der Waals surface area (Å²) in [5.74, 6) is 0.826. The molecule has 6 heteroatoms. The lowest BCUT2D eigenvalue weighted by Gasteiger charge is -2.03. The average Bonchev–Trinajstić information content (AvgIpc) is 3.15. The summed E-state index contributed by atoms with van der Waals surface area (Å²) in [7, 11) is 1.66. The van der Waals surface area contributed by atoms with Gasteiger partial charge in [-0.1, -0.05) is 11.3 Å². The smallest absolute Gasteiger partial charge is 0.147 e. The maximum absolute atomic E-state index is 5.23. The van der Waals surface area contributed by atoms with E-state index in [1.54, 1.807) is 18.4 Å². The molecule has 1 saturated carbocycles. The van der Waals surface area contributed by atoms with Crippen LogP contribution in [0.2, 0.25) is 0 Å². The lowest BCUT2D eigenvalue weighted by molar-refractivity contribution is 0.412. The Morgan fingerprint density at radius 2 is 2.25 bits per heavy atom. The summed E-state index contributed by atoms with van der Waals surface area (Å²) in [5, 5.41) is 14.1. The van der Waals surface area contributed by atoms with Gasteiger partial charge in [-0.15, -0.1) is 10.2 Å². The summed E-state index contributed by atoms with van der Waals surface area (Å²) >= 11 is 5.15. The van der Waals surface area contributed by atoms with Crippen LogP contribution in [-0.4, -0.2) is 29.9 Å². The fourth-order valence-electron chi connectivity index (χ4n) is 1.94. The number of aromatic nitrogens is 2. The van der Waals surface area contributed by atoms with Gasteiger partial charge in [0.2, 0.25) is 0 Å². The zero-order valence-corrected chi connectivity index (χ0v) is 13.6. The molecule has 2 aromatic rings. The third-order valence-electron chi connectivity index (χ3n) is 3.21. The van der Waals surface area contributed by atoms with Crippen molar-refractivity contribution in [3.8, 4) is 16.3 Å². The molecule has 0 radical (unpaired) electrons. The highest BCUT2D eigenvalue weighted by Crippen LogP contribution is 2.31. The second-order valence-electron chi connectivity index (χ2n) is 4.83. The van der Waals surface area contributed by atoms with Crippen LogP contribution in [0.5, 0.6) is 5.75 Å². The van der Waals surface area contributed by atoms with E-state index in [1.165, 1.54) is 12.8 Å². The standard InChI is InChI=1S/C14H16BrN3OS/c1-19-12-5-2-9(8-11(12)15)14-18-17-13(20-14)6-7-16-10-3-4-10/h2,5,8,10,16H,3-4,6-7H2,1H3. The quantitative estimate of drug-likeness (QED) is 0.865. The second-order valence-corrected chi connectivity index (χ2v) is 6.75. The van der Waals surface area contributed by atoms with Gasteiger partial charge < -0.3 is 10.1 Å². The number of hydrogen-bond acceptors (Lipinski definition) is 5. The summed E-state index contributed by atoms with van der Waals surface area (Å²) < 4.78 is 6.17. The second kappa shape index (κ2) is 6.20. The van der Waals surface area contributed by atoms with Crippen LogP contribution in [0.25, 0.3) is 10.6 Å². The Labute approximate surface area is 130 Å². The predicted molar refractivity (Wildman–Crippen MR) is 84.3 cm³/mol. The molecule has 0 atom stereocenters. The van der Waals surface area contributed by atoms with Gasteiger partial charge in [-0.05, 0) is 47.0 Å². The van der Waals surface area contributed by atoms with Crippen molar-refractivity contribution >= 4 is 27.3 Å². The van der Waals surface area contributed by atoms with Crippen molar-refractivity contribution < 1.29 is 4.74 Å². The molecule has 4 nitrogen and oxygen atoms in total. The Hall–Kier alpha value is -0.980. The minimum absolute atomic E-state index is 0.750. The molecule has 0 bridgehead atoms. The van der Waals surface area contributed by atoms with Crippen LogP contribution in [0, 0.1) is 0 Å². The summed E-state index contributed by atoms with van der Waals surface area (Å²) in [5.41, 5.74) is 1.07. The molecule has 1 heterocycles. The molecule has 20 heavy (non-hydrogen) atoms. The molecule has 1 N–H and O–H groups in total. The van der Waals surface area contributed by atoms with Gasteiger partial charge >= 0.3 is 0 Å². The number of nitrogens with zero attached hydrogens (tertiary/aromatic N) is 2. The van der Waals surface area contributed by atoms with Crippen molar-refractivity contribution in [2.45, 2.75) is 25.3 Å². The third-order valence-corrected chi connectivity index (χ3v) is 4.87. The van der Waals surface area contributed by atoms with Crippen LogP contribution in [0.1, 0.15) is 17.8 Å². The van der Waals surface area contributed by atoms with Crippen molar-refractivity contribution in [2.75, 3.05) is 13.7 Å². The number of benzene rings is 1. The molecule has 0 unspecified atom stereocenters. The van der Waals surface area contributed by atoms with Crippen LogP contribution in [0.3, 0.4) is 0 Å². The third kappa shape index (κ3) is 3.37. The van der Waals surface area contributed by atoms with E-state index in [2.05, 4.69) is 31.4 Å². The van der Waals surface area contributed by atoms with E-state index in [-0.39, 0.29) is 0 Å². The Morgan fingerprint density at radius 1 is 1.40 bits per heavy atom. The molecular formula is C14H16BrN3OS. The Bertz CT molecular complexity index is 598. The van der Waals surface area contributed by atoms with Crippen molar-refractivity contribution in [1.29, 1.82) is 0 Å². The maximum Gasteiger partial charge on any atom is 0.147 e. The van der Waals surface area contributed by atoms with Gasteiger partial charge in [-0.3, -0.25) is 0 Å². The van der Waals surface area contributed by atoms with Gasteiger partial charge in [0.25, 0.3) is 0 Å². The first-order chi connectivity index (χ1) is 9.76. The van der Waals surface area contributed by atoms with Gasteiger partial charge in [0.1, 0.15) is 15.8 Å². The monoisotopic (exact) mass is 353 g/mol. The topological polar surface area (TPSA) is 47.0 Å². The van der Waals surface area contributed by atoms with Crippen LogP contribution in [-0.2, 0) is 6.42 Å². The highest BCUT2D eigenvalue weighted by atomic mass is 79.9. The number of halogens is 1. The molecule has 1 aliphatic carbocycles. The van der Waals surface area contributed by atoms with Crippen LogP contribution >= 0.6 is 27.3 Å². The first kappa shape index (κ1) is 14.0. The zero-order chi connectivity index (χ0) is 13.9. The molecule has 1 aromatic heterocycles. The SMILES string of the molecule is COc1ccc(-c2nnc(CCNC3CC3)s2)cc1Br. The molecule has 0 aliphatic heterocycles. The van der Waals surface area contributed by atoms with E-state index in [4.69, 9.17) is 4.74 Å². The highest BCUT2D eigenvalue weighted by molar-refractivity contribution is 9.10. The van der Waals surface area contributed by atoms with Crippen molar-refractivity contribution in [1.82, 2.24) is 15.5 Å². The van der Waals surface area contributed by atoms with Crippen LogP contribution in [0.15, 0.2) is 22.7 Å². The normalized spacial score (nSPS) is 14.5. The van der Waals surface area contributed by atoms with Crippen molar-refractivity contribution in [2.24, 2.45) is 0 Å². The highest BCUT2D eigenvalue weighted by Gasteiger charge is 2.20.